The van der Waals surface area contributed by atoms with Gasteiger partial charge in [0.1, 0.15) is 12.1 Å². The molecule has 2 aromatic carbocycles. The number of amides is 2. The Morgan fingerprint density at radius 1 is 1.18 bits per heavy atom. The van der Waals surface area contributed by atoms with Gasteiger partial charge in [-0.3, -0.25) is 23.9 Å². The number of aromatic nitrogens is 2. The van der Waals surface area contributed by atoms with Crippen LogP contribution in [0.2, 0.25) is 5.02 Å². The van der Waals surface area contributed by atoms with Gasteiger partial charge in [0.25, 0.3) is 5.56 Å². The third-order valence-corrected chi connectivity index (χ3v) is 5.09. The van der Waals surface area contributed by atoms with Gasteiger partial charge < -0.3 is 5.32 Å². The monoisotopic (exact) mass is 396 g/mol. The number of nitrogens with zero attached hydrogens (tertiary/aromatic N) is 3. The maximum absolute atomic E-state index is 13.2. The van der Waals surface area contributed by atoms with Gasteiger partial charge in [-0.2, -0.15) is 0 Å². The van der Waals surface area contributed by atoms with E-state index in [1.165, 1.54) is 15.8 Å². The van der Waals surface area contributed by atoms with Crippen LogP contribution >= 0.6 is 11.6 Å². The van der Waals surface area contributed by atoms with Crippen LogP contribution in [-0.2, 0) is 16.1 Å². The summed E-state index contributed by atoms with van der Waals surface area (Å²) < 4.78 is 1.24. The molecule has 3 aromatic rings. The summed E-state index contributed by atoms with van der Waals surface area (Å²) in [4.78, 5) is 44.1. The molecule has 1 aromatic heterocycles. The van der Waals surface area contributed by atoms with E-state index >= 15 is 0 Å². The van der Waals surface area contributed by atoms with Crippen LogP contribution in [0.4, 0.5) is 11.4 Å². The van der Waals surface area contributed by atoms with Crippen molar-refractivity contribution in [3.05, 3.63) is 64.2 Å². The summed E-state index contributed by atoms with van der Waals surface area (Å²) in [6.07, 6.45) is 1.32. The Kier molecular flexibility index (Phi) is 4.19. The fourth-order valence-corrected chi connectivity index (χ4v) is 3.53. The molecule has 142 valence electrons. The normalized spacial score (nSPS) is 15.2. The predicted octanol–water partition coefficient (Wildman–Crippen LogP) is 2.81. The van der Waals surface area contributed by atoms with Crippen LogP contribution in [0, 0.1) is 0 Å². The van der Waals surface area contributed by atoms with Crippen molar-refractivity contribution in [3.8, 4) is 0 Å². The van der Waals surface area contributed by atoms with E-state index in [2.05, 4.69) is 10.3 Å². The molecule has 7 nitrogen and oxygen atoms in total. The molecule has 0 radical (unpaired) electrons. The number of hydrogen-bond donors (Lipinski definition) is 1. The highest BCUT2D eigenvalue weighted by Gasteiger charge is 2.43. The van der Waals surface area contributed by atoms with Crippen molar-refractivity contribution in [2.75, 3.05) is 10.2 Å². The van der Waals surface area contributed by atoms with E-state index in [1.807, 2.05) is 0 Å². The first-order chi connectivity index (χ1) is 13.3. The Bertz CT molecular complexity index is 1190. The summed E-state index contributed by atoms with van der Waals surface area (Å²) in [7, 11) is 0. The molecule has 1 N–H and O–H groups in total. The smallest absolute Gasteiger partial charge is 0.261 e. The standard InChI is InChI=1S/C20H17ClN4O3/c1-20(2)19(28)23-14-5-3-4-6-16(14)25(20)17(26)10-24-11-22-15-9-12(21)7-8-13(15)18(24)27/h3-9,11H,10H2,1-2H3,(H,23,28). The first-order valence-corrected chi connectivity index (χ1v) is 9.05. The lowest BCUT2D eigenvalue weighted by Gasteiger charge is -2.42. The summed E-state index contributed by atoms with van der Waals surface area (Å²) in [6, 6.07) is 11.9. The second-order valence-electron chi connectivity index (χ2n) is 7.10. The molecule has 0 bridgehead atoms. The summed E-state index contributed by atoms with van der Waals surface area (Å²) in [5.74, 6) is -0.678. The Morgan fingerprint density at radius 2 is 1.93 bits per heavy atom. The fourth-order valence-electron chi connectivity index (χ4n) is 3.36. The number of anilines is 2. The van der Waals surface area contributed by atoms with Gasteiger partial charge in [-0.25, -0.2) is 4.98 Å². The molecule has 0 fully saturated rings. The summed E-state index contributed by atoms with van der Waals surface area (Å²) in [5, 5.41) is 3.66. The third kappa shape index (κ3) is 2.84. The summed E-state index contributed by atoms with van der Waals surface area (Å²) in [5.41, 5.74) is 0.156. The molecule has 0 saturated carbocycles. The van der Waals surface area contributed by atoms with E-state index in [0.717, 1.165) is 0 Å². The minimum Gasteiger partial charge on any atom is -0.322 e. The van der Waals surface area contributed by atoms with E-state index in [-0.39, 0.29) is 23.9 Å². The van der Waals surface area contributed by atoms with Gasteiger partial charge >= 0.3 is 0 Å². The molecule has 28 heavy (non-hydrogen) atoms. The molecule has 8 heteroatoms. The van der Waals surface area contributed by atoms with Gasteiger partial charge in [-0.05, 0) is 44.2 Å². The number of para-hydroxylation sites is 2. The Balaban J connectivity index is 1.75. The molecular weight excluding hydrogens is 380 g/mol. The summed E-state index contributed by atoms with van der Waals surface area (Å²) >= 11 is 5.94. The fraction of sp³-hybridized carbons (Fsp3) is 0.200. The van der Waals surface area contributed by atoms with Gasteiger partial charge in [-0.15, -0.1) is 0 Å². The third-order valence-electron chi connectivity index (χ3n) is 4.85. The second kappa shape index (κ2) is 6.45. The quantitative estimate of drug-likeness (QED) is 0.721. The highest BCUT2D eigenvalue weighted by Crippen LogP contribution is 2.36. The van der Waals surface area contributed by atoms with Crippen LogP contribution < -0.4 is 15.8 Å². The maximum atomic E-state index is 13.2. The van der Waals surface area contributed by atoms with Crippen molar-refractivity contribution >= 4 is 45.7 Å². The van der Waals surface area contributed by atoms with Gasteiger partial charge in [-0.1, -0.05) is 23.7 Å². The van der Waals surface area contributed by atoms with Crippen LogP contribution in [0.25, 0.3) is 10.9 Å². The molecule has 4 rings (SSSR count). The number of halogens is 1. The lowest BCUT2D eigenvalue weighted by atomic mass is 9.96. The van der Waals surface area contributed by atoms with Crippen LogP contribution in [0.1, 0.15) is 13.8 Å². The largest absolute Gasteiger partial charge is 0.322 e. The molecule has 2 heterocycles. The molecule has 0 aliphatic carbocycles. The lowest BCUT2D eigenvalue weighted by Crippen LogP contribution is -2.59. The molecule has 0 atom stereocenters. The number of rotatable bonds is 2. The second-order valence-corrected chi connectivity index (χ2v) is 7.53. The Labute approximate surface area is 165 Å². The van der Waals surface area contributed by atoms with Crippen LogP contribution in [0.5, 0.6) is 0 Å². The number of carbonyl (C=O) groups excluding carboxylic acids is 2. The molecular formula is C20H17ClN4O3. The summed E-state index contributed by atoms with van der Waals surface area (Å²) in [6.45, 7) is 3.09. The number of fused-ring (bicyclic) bond motifs is 2. The van der Waals surface area contributed by atoms with Crippen molar-refractivity contribution in [1.29, 1.82) is 0 Å². The number of benzene rings is 2. The highest BCUT2D eigenvalue weighted by atomic mass is 35.5. The van der Waals surface area contributed by atoms with E-state index in [4.69, 9.17) is 11.6 Å². The van der Waals surface area contributed by atoms with Crippen LogP contribution in [-0.4, -0.2) is 26.9 Å². The van der Waals surface area contributed by atoms with Crippen molar-refractivity contribution in [1.82, 2.24) is 9.55 Å². The number of nitrogens with one attached hydrogen (secondary N) is 1. The topological polar surface area (TPSA) is 84.3 Å². The molecule has 0 saturated heterocycles. The Hall–Kier alpha value is -3.19. The molecule has 0 spiro atoms. The van der Waals surface area contributed by atoms with Crippen molar-refractivity contribution in [3.63, 3.8) is 0 Å². The number of hydrogen-bond acceptors (Lipinski definition) is 4. The molecule has 1 aliphatic rings. The van der Waals surface area contributed by atoms with Gasteiger partial charge in [0.2, 0.25) is 11.8 Å². The van der Waals surface area contributed by atoms with E-state index in [9.17, 15) is 14.4 Å². The van der Waals surface area contributed by atoms with E-state index < -0.39 is 5.54 Å². The van der Waals surface area contributed by atoms with Crippen LogP contribution in [0.3, 0.4) is 0 Å². The maximum Gasteiger partial charge on any atom is 0.261 e. The zero-order chi connectivity index (χ0) is 20.1. The van der Waals surface area contributed by atoms with Crippen LogP contribution in [0.15, 0.2) is 53.6 Å². The zero-order valence-corrected chi connectivity index (χ0v) is 16.0. The lowest BCUT2D eigenvalue weighted by molar-refractivity contribution is -0.126. The highest BCUT2D eigenvalue weighted by molar-refractivity contribution is 6.31. The SMILES string of the molecule is CC1(C)C(=O)Nc2ccccc2N1C(=O)Cn1cnc2cc(Cl)ccc2c1=O. The number of carbonyl (C=O) groups is 2. The average Bonchev–Trinajstić information content (AvgIpc) is 2.64. The van der Waals surface area contributed by atoms with Crippen molar-refractivity contribution in [2.45, 2.75) is 25.9 Å². The molecule has 2 amide bonds. The zero-order valence-electron chi connectivity index (χ0n) is 15.3. The first-order valence-electron chi connectivity index (χ1n) is 8.67. The molecule has 0 unspecified atom stereocenters. The van der Waals surface area contributed by atoms with Gasteiger partial charge in [0, 0.05) is 5.02 Å². The average molecular weight is 397 g/mol. The van der Waals surface area contributed by atoms with Gasteiger partial charge in [0.15, 0.2) is 0 Å². The van der Waals surface area contributed by atoms with Gasteiger partial charge in [0.05, 0.1) is 28.6 Å². The van der Waals surface area contributed by atoms with Crippen molar-refractivity contribution < 1.29 is 9.59 Å². The minimum atomic E-state index is -1.10. The van der Waals surface area contributed by atoms with E-state index in [0.29, 0.717) is 27.3 Å². The molecule has 1 aliphatic heterocycles. The van der Waals surface area contributed by atoms with E-state index in [1.54, 1.807) is 56.3 Å². The Morgan fingerprint density at radius 3 is 2.71 bits per heavy atom. The predicted molar refractivity (Wildman–Crippen MR) is 108 cm³/mol. The minimum absolute atomic E-state index is 0.241. The first kappa shape index (κ1) is 18.2. The van der Waals surface area contributed by atoms with Crippen molar-refractivity contribution in [2.24, 2.45) is 0 Å².